The summed E-state index contributed by atoms with van der Waals surface area (Å²) < 4.78 is 72.8. The van der Waals surface area contributed by atoms with Crippen molar-refractivity contribution in [3.63, 3.8) is 0 Å². The van der Waals surface area contributed by atoms with Crippen molar-refractivity contribution in [3.8, 4) is 0 Å². The van der Waals surface area contributed by atoms with Gasteiger partial charge in [-0.25, -0.2) is 21.1 Å². The maximum Gasteiger partial charge on any atom is 1.00 e. The topological polar surface area (TPSA) is 178 Å². The molecule has 0 amide bonds. The minimum Gasteiger partial charge on any atom is -0.744 e. The van der Waals surface area contributed by atoms with Crippen LogP contribution in [0.5, 0.6) is 0 Å². The van der Waals surface area contributed by atoms with Crippen molar-refractivity contribution in [1.82, 2.24) is 0 Å². The summed E-state index contributed by atoms with van der Waals surface area (Å²) in [5.41, 5.74) is 3.28. The number of carbonyl (C=O) groups is 2. The van der Waals surface area contributed by atoms with Crippen LogP contribution in [0.1, 0.15) is 37.4 Å². The standard InChI is InChI=1S/C21H16N2O8S2.2Na/c1-11-6-8-12(9-7-11)23(33(29,30)31)15-10-16(32(26,27)28)19(22)18-17(15)20(24)13-4-2-3-5-14(13)21(18)25;;/h2-10H,22H2,1H3,(H,26,27,28)(H,29,30,31);;/q;2*+1/p-2. The summed E-state index contributed by atoms with van der Waals surface area (Å²) in [5.74, 6) is -1.76. The average Bonchev–Trinajstić information content (AvgIpc) is 2.72. The Morgan fingerprint density at radius 1 is 0.800 bits per heavy atom. The number of benzene rings is 3. The second-order valence-corrected chi connectivity index (χ2v) is 9.84. The minimum atomic E-state index is -5.43. The Hall–Kier alpha value is -1.58. The van der Waals surface area contributed by atoms with Gasteiger partial charge in [-0.05, 0) is 25.1 Å². The van der Waals surface area contributed by atoms with Crippen LogP contribution in [0.4, 0.5) is 17.1 Å². The van der Waals surface area contributed by atoms with Gasteiger partial charge >= 0.3 is 59.1 Å². The van der Waals surface area contributed by atoms with Gasteiger partial charge in [0.2, 0.25) is 0 Å². The summed E-state index contributed by atoms with van der Waals surface area (Å²) in [5, 5.41) is 0. The first kappa shape index (κ1) is 29.6. The quantitative estimate of drug-likeness (QED) is 0.155. The van der Waals surface area contributed by atoms with Crippen molar-refractivity contribution in [2.75, 3.05) is 10.0 Å². The molecule has 3 aromatic rings. The van der Waals surface area contributed by atoms with Crippen LogP contribution in [0.3, 0.4) is 0 Å². The van der Waals surface area contributed by atoms with E-state index >= 15 is 0 Å². The molecule has 1 aliphatic rings. The Labute approximate surface area is 245 Å². The van der Waals surface area contributed by atoms with E-state index in [1.807, 2.05) is 0 Å². The number of hydrogen-bond donors (Lipinski definition) is 1. The van der Waals surface area contributed by atoms with Gasteiger partial charge in [-0.15, -0.1) is 0 Å². The van der Waals surface area contributed by atoms with Crippen LogP contribution in [-0.2, 0) is 20.4 Å². The van der Waals surface area contributed by atoms with E-state index in [0.717, 1.165) is 0 Å². The third kappa shape index (κ3) is 5.27. The van der Waals surface area contributed by atoms with E-state index in [1.54, 1.807) is 6.92 Å². The summed E-state index contributed by atoms with van der Waals surface area (Å²) in [6.45, 7) is 1.70. The molecule has 0 unspecified atom stereocenters. The second kappa shape index (κ2) is 10.4. The van der Waals surface area contributed by atoms with E-state index in [2.05, 4.69) is 0 Å². The third-order valence-corrected chi connectivity index (χ3v) is 6.89. The normalized spacial score (nSPS) is 12.7. The molecule has 0 aliphatic heterocycles. The van der Waals surface area contributed by atoms with E-state index in [-0.39, 0.29) is 80.2 Å². The largest absolute Gasteiger partial charge is 1.00 e. The molecule has 0 bridgehead atoms. The maximum atomic E-state index is 13.3. The van der Waals surface area contributed by atoms with Crippen LogP contribution in [0.25, 0.3) is 0 Å². The molecule has 0 aromatic heterocycles. The van der Waals surface area contributed by atoms with Gasteiger partial charge in [-0.3, -0.25) is 9.59 Å². The van der Waals surface area contributed by atoms with Crippen LogP contribution in [0.15, 0.2) is 59.5 Å². The summed E-state index contributed by atoms with van der Waals surface area (Å²) in [7, 11) is -10.8. The van der Waals surface area contributed by atoms with Gasteiger partial charge in [0.15, 0.2) is 21.9 Å². The van der Waals surface area contributed by atoms with Crippen LogP contribution in [0.2, 0.25) is 0 Å². The molecular formula is C21H14N2Na2O8S2. The van der Waals surface area contributed by atoms with Gasteiger partial charge in [-0.2, -0.15) is 0 Å². The molecule has 0 fully saturated rings. The summed E-state index contributed by atoms with van der Waals surface area (Å²) in [6, 6.07) is 11.5. The monoisotopic (exact) mass is 532 g/mol. The van der Waals surface area contributed by atoms with Crippen LogP contribution in [0, 0.1) is 6.92 Å². The molecule has 4 rings (SSSR count). The van der Waals surface area contributed by atoms with Crippen molar-refractivity contribution in [2.24, 2.45) is 0 Å². The average molecular weight is 532 g/mol. The van der Waals surface area contributed by atoms with E-state index in [1.165, 1.54) is 48.5 Å². The number of nitrogens with two attached hydrogens (primary N) is 1. The molecule has 35 heavy (non-hydrogen) atoms. The SMILES string of the molecule is Cc1ccc(N(c2cc(S(=O)(=O)[O-])c(N)c3c2C(=O)c2ccccc2C3=O)S(=O)(=O)[O-])cc1.[Na+].[Na+]. The van der Waals surface area contributed by atoms with Gasteiger partial charge in [-0.1, -0.05) is 42.0 Å². The minimum absolute atomic E-state index is 0. The first-order valence-corrected chi connectivity index (χ1v) is 12.0. The number of ketones is 2. The van der Waals surface area contributed by atoms with Gasteiger partial charge in [0.1, 0.15) is 10.1 Å². The molecule has 14 heteroatoms. The fraction of sp³-hybridized carbons (Fsp3) is 0.0476. The number of aryl methyl sites for hydroxylation is 1. The zero-order valence-electron chi connectivity index (χ0n) is 18.8. The molecule has 0 radical (unpaired) electrons. The molecule has 1 aliphatic carbocycles. The first-order valence-electron chi connectivity index (χ1n) is 9.26. The first-order chi connectivity index (χ1) is 15.3. The number of fused-ring (bicyclic) bond motifs is 2. The van der Waals surface area contributed by atoms with E-state index in [9.17, 15) is 35.5 Å². The van der Waals surface area contributed by atoms with E-state index in [0.29, 0.717) is 11.6 Å². The summed E-state index contributed by atoms with van der Waals surface area (Å²) in [4.78, 5) is 25.4. The fourth-order valence-electron chi connectivity index (χ4n) is 3.71. The Kier molecular flexibility index (Phi) is 8.83. The van der Waals surface area contributed by atoms with Crippen LogP contribution in [-0.4, -0.2) is 37.5 Å². The van der Waals surface area contributed by atoms with Crippen molar-refractivity contribution in [2.45, 2.75) is 11.8 Å². The van der Waals surface area contributed by atoms with Gasteiger partial charge < -0.3 is 14.8 Å². The summed E-state index contributed by atoms with van der Waals surface area (Å²) in [6.07, 6.45) is 0. The maximum absolute atomic E-state index is 13.3. The molecule has 0 spiro atoms. The number of rotatable bonds is 4. The Morgan fingerprint density at radius 3 is 1.74 bits per heavy atom. The van der Waals surface area contributed by atoms with E-state index in [4.69, 9.17) is 5.73 Å². The zero-order valence-corrected chi connectivity index (χ0v) is 24.4. The Morgan fingerprint density at radius 2 is 1.29 bits per heavy atom. The number of hydrogen-bond acceptors (Lipinski definition) is 9. The molecule has 0 saturated heterocycles. The predicted molar refractivity (Wildman–Crippen MR) is 115 cm³/mol. The second-order valence-electron chi connectivity index (χ2n) is 7.27. The molecule has 10 nitrogen and oxygen atoms in total. The van der Waals surface area contributed by atoms with Gasteiger partial charge in [0, 0.05) is 11.1 Å². The van der Waals surface area contributed by atoms with Crippen LogP contribution >= 0.6 is 0 Å². The van der Waals surface area contributed by atoms with Gasteiger partial charge in [0.25, 0.3) is 0 Å². The van der Waals surface area contributed by atoms with Crippen molar-refractivity contribution in [3.05, 3.63) is 82.4 Å². The number of nitrogens with zero attached hydrogens (tertiary/aromatic N) is 1. The molecule has 3 aromatic carbocycles. The Balaban J connectivity index is 0.00000216. The molecule has 0 atom stereocenters. The fourth-order valence-corrected chi connectivity index (χ4v) is 5.10. The number of nitrogen functional groups attached to an aromatic ring is 1. The van der Waals surface area contributed by atoms with Crippen molar-refractivity contribution >= 4 is 49.1 Å². The number of carbonyl (C=O) groups excluding carboxylic acids is 2. The van der Waals surface area contributed by atoms with Crippen molar-refractivity contribution in [1.29, 1.82) is 0 Å². The number of anilines is 3. The van der Waals surface area contributed by atoms with Gasteiger partial charge in [0.05, 0.1) is 33.1 Å². The smallest absolute Gasteiger partial charge is 0.744 e. The Bertz CT molecular complexity index is 1570. The van der Waals surface area contributed by atoms with Crippen molar-refractivity contribution < 1.29 is 94.6 Å². The molecule has 2 N–H and O–H groups in total. The van der Waals surface area contributed by atoms with Crippen LogP contribution < -0.4 is 69.2 Å². The van der Waals surface area contributed by atoms with E-state index < -0.39 is 59.4 Å². The molecule has 0 saturated carbocycles. The zero-order chi connectivity index (χ0) is 24.3. The summed E-state index contributed by atoms with van der Waals surface area (Å²) >= 11 is 0. The molecule has 170 valence electrons. The third-order valence-electron chi connectivity index (χ3n) is 5.16. The predicted octanol–water partition coefficient (Wildman–Crippen LogP) is -4.14. The molecule has 0 heterocycles. The molecular weight excluding hydrogens is 518 g/mol.